The van der Waals surface area contributed by atoms with Gasteiger partial charge in [0.2, 0.25) is 0 Å². The van der Waals surface area contributed by atoms with E-state index in [1.54, 1.807) is 7.11 Å². The van der Waals surface area contributed by atoms with E-state index in [-0.39, 0.29) is 5.41 Å². The molecule has 2 nitrogen and oxygen atoms in total. The van der Waals surface area contributed by atoms with E-state index in [2.05, 4.69) is 43.1 Å². The minimum atomic E-state index is 0.141. The Labute approximate surface area is 149 Å². The number of rotatable bonds is 3. The molecular weight excluding hydrogens is 318 g/mol. The van der Waals surface area contributed by atoms with Crippen LogP contribution in [0.2, 0.25) is 5.02 Å². The summed E-state index contributed by atoms with van der Waals surface area (Å²) >= 11 is 6.58. The zero-order valence-electron chi connectivity index (χ0n) is 14.6. The van der Waals surface area contributed by atoms with Crippen LogP contribution >= 0.6 is 11.6 Å². The first-order chi connectivity index (χ1) is 11.6. The van der Waals surface area contributed by atoms with Gasteiger partial charge in [-0.05, 0) is 67.6 Å². The van der Waals surface area contributed by atoms with Gasteiger partial charge in [0.15, 0.2) is 0 Å². The van der Waals surface area contributed by atoms with Crippen LogP contribution in [0.3, 0.4) is 0 Å². The third kappa shape index (κ3) is 2.35. The maximum Gasteiger partial charge on any atom is 0.122 e. The minimum Gasteiger partial charge on any atom is -0.496 e. The van der Waals surface area contributed by atoms with Crippen LogP contribution in [0.4, 0.5) is 0 Å². The molecule has 0 bridgehead atoms. The molecule has 1 aliphatic carbocycles. The second-order valence-corrected chi connectivity index (χ2v) is 7.70. The molecule has 24 heavy (non-hydrogen) atoms. The summed E-state index contributed by atoms with van der Waals surface area (Å²) in [6.07, 6.45) is 3.49. The van der Waals surface area contributed by atoms with Crippen LogP contribution in [0.25, 0.3) is 0 Å². The molecule has 0 radical (unpaired) electrons. The summed E-state index contributed by atoms with van der Waals surface area (Å²) in [6.45, 7) is 3.23. The third-order valence-electron chi connectivity index (χ3n) is 5.85. The Hall–Kier alpha value is -1.51. The van der Waals surface area contributed by atoms with Gasteiger partial charge in [-0.25, -0.2) is 0 Å². The molecule has 1 heterocycles. The second kappa shape index (κ2) is 5.79. The predicted octanol–water partition coefficient (Wildman–Crippen LogP) is 4.92. The molecule has 0 aromatic heterocycles. The van der Waals surface area contributed by atoms with Gasteiger partial charge < -0.3 is 4.74 Å². The molecule has 1 atom stereocenters. The van der Waals surface area contributed by atoms with Gasteiger partial charge in [-0.3, -0.25) is 4.90 Å². The van der Waals surface area contributed by atoms with Crippen molar-refractivity contribution in [1.82, 2.24) is 4.90 Å². The molecule has 3 heteroatoms. The average Bonchev–Trinajstić information content (AvgIpc) is 3.36. The van der Waals surface area contributed by atoms with Crippen LogP contribution in [0.5, 0.6) is 5.75 Å². The van der Waals surface area contributed by atoms with Crippen molar-refractivity contribution >= 4 is 11.6 Å². The zero-order valence-corrected chi connectivity index (χ0v) is 15.4. The number of halogens is 1. The first-order valence-corrected chi connectivity index (χ1v) is 9.07. The summed E-state index contributed by atoms with van der Waals surface area (Å²) in [4.78, 5) is 2.51. The number of hydrogen-bond acceptors (Lipinski definition) is 2. The van der Waals surface area contributed by atoms with Gasteiger partial charge in [0.25, 0.3) is 0 Å². The van der Waals surface area contributed by atoms with E-state index in [1.165, 1.54) is 35.1 Å². The lowest BCUT2D eigenvalue weighted by Crippen LogP contribution is -2.39. The maximum absolute atomic E-state index is 6.58. The van der Waals surface area contributed by atoms with Gasteiger partial charge in [-0.2, -0.15) is 0 Å². The largest absolute Gasteiger partial charge is 0.496 e. The molecule has 126 valence electrons. The number of methoxy groups -OCH3 is 1. The monoisotopic (exact) mass is 341 g/mol. The molecule has 4 rings (SSSR count). The van der Waals surface area contributed by atoms with Crippen molar-refractivity contribution in [3.05, 3.63) is 63.7 Å². The molecule has 1 unspecified atom stereocenters. The average molecular weight is 342 g/mol. The molecule has 1 fully saturated rings. The quantitative estimate of drug-likeness (QED) is 0.785. The molecule has 0 spiro atoms. The zero-order chi connectivity index (χ0) is 16.9. The first kappa shape index (κ1) is 16.0. The predicted molar refractivity (Wildman–Crippen MR) is 99.2 cm³/mol. The highest BCUT2D eigenvalue weighted by Crippen LogP contribution is 2.61. The number of likely N-dealkylation sites (N-methyl/N-ethyl adjacent to an activating group) is 1. The molecule has 1 saturated carbocycles. The molecule has 0 saturated heterocycles. The van der Waals surface area contributed by atoms with Crippen LogP contribution in [0.15, 0.2) is 36.4 Å². The van der Waals surface area contributed by atoms with Gasteiger partial charge in [0.1, 0.15) is 5.75 Å². The highest BCUT2D eigenvalue weighted by atomic mass is 35.5. The van der Waals surface area contributed by atoms with Crippen molar-refractivity contribution < 1.29 is 4.74 Å². The smallest absolute Gasteiger partial charge is 0.122 e. The fraction of sp³-hybridized carbons (Fsp3) is 0.429. The van der Waals surface area contributed by atoms with Crippen LogP contribution in [-0.2, 0) is 11.8 Å². The van der Waals surface area contributed by atoms with E-state index in [1.807, 2.05) is 12.1 Å². The molecule has 2 aliphatic rings. The van der Waals surface area contributed by atoms with Crippen molar-refractivity contribution in [3.8, 4) is 5.75 Å². The lowest BCUT2D eigenvalue weighted by atomic mass is 9.78. The van der Waals surface area contributed by atoms with Gasteiger partial charge in [0.05, 0.1) is 7.11 Å². The van der Waals surface area contributed by atoms with Crippen LogP contribution < -0.4 is 4.74 Å². The van der Waals surface area contributed by atoms with Crippen molar-refractivity contribution in [3.63, 3.8) is 0 Å². The van der Waals surface area contributed by atoms with E-state index in [0.717, 1.165) is 23.7 Å². The topological polar surface area (TPSA) is 12.5 Å². The molecule has 0 N–H and O–H groups in total. The van der Waals surface area contributed by atoms with E-state index in [9.17, 15) is 0 Å². The summed E-state index contributed by atoms with van der Waals surface area (Å²) in [5.74, 6) is 0.990. The summed E-state index contributed by atoms with van der Waals surface area (Å²) in [5.41, 5.74) is 5.55. The van der Waals surface area contributed by atoms with Crippen LogP contribution in [-0.4, -0.2) is 25.6 Å². The lowest BCUT2D eigenvalue weighted by molar-refractivity contribution is 0.187. The van der Waals surface area contributed by atoms with E-state index >= 15 is 0 Å². The van der Waals surface area contributed by atoms with Crippen molar-refractivity contribution in [2.45, 2.75) is 37.6 Å². The van der Waals surface area contributed by atoms with E-state index in [0.29, 0.717) is 6.04 Å². The Balaban J connectivity index is 1.86. The second-order valence-electron chi connectivity index (χ2n) is 7.29. The minimum absolute atomic E-state index is 0.141. The number of ether oxygens (including phenoxy) is 1. The summed E-state index contributed by atoms with van der Waals surface area (Å²) < 4.78 is 5.61. The molecule has 0 amide bonds. The highest BCUT2D eigenvalue weighted by molar-refractivity contribution is 6.31. The van der Waals surface area contributed by atoms with Gasteiger partial charge >= 0.3 is 0 Å². The number of hydrogen-bond donors (Lipinski definition) is 0. The Morgan fingerprint density at radius 3 is 2.62 bits per heavy atom. The van der Waals surface area contributed by atoms with Gasteiger partial charge in [-0.15, -0.1) is 0 Å². The normalized spacial score (nSPS) is 22.1. The fourth-order valence-electron chi connectivity index (χ4n) is 4.53. The number of fused-ring (bicyclic) bond motifs is 1. The Bertz CT molecular complexity index is 781. The third-order valence-corrected chi connectivity index (χ3v) is 6.18. The molecule has 1 aliphatic heterocycles. The number of aryl methyl sites for hydroxylation is 1. The highest BCUT2D eigenvalue weighted by Gasteiger charge is 2.54. The van der Waals surface area contributed by atoms with E-state index in [4.69, 9.17) is 16.3 Å². The SMILES string of the molecule is COc1cc2c(cc1C)CCN(C)C2C1(c2ccccc2Cl)CC1. The molecular formula is C21H24ClNO. The number of nitrogens with zero attached hydrogens (tertiary/aromatic N) is 1. The summed E-state index contributed by atoms with van der Waals surface area (Å²) in [7, 11) is 4.01. The Morgan fingerprint density at radius 2 is 1.96 bits per heavy atom. The van der Waals surface area contributed by atoms with Gasteiger partial charge in [0, 0.05) is 23.0 Å². The molecule has 2 aromatic rings. The maximum atomic E-state index is 6.58. The van der Waals surface area contributed by atoms with Crippen LogP contribution in [0.1, 0.15) is 41.1 Å². The van der Waals surface area contributed by atoms with Crippen molar-refractivity contribution in [1.29, 1.82) is 0 Å². The molecule has 2 aromatic carbocycles. The van der Waals surface area contributed by atoms with Crippen molar-refractivity contribution in [2.24, 2.45) is 0 Å². The first-order valence-electron chi connectivity index (χ1n) is 8.69. The fourth-order valence-corrected chi connectivity index (χ4v) is 4.85. The van der Waals surface area contributed by atoms with Crippen molar-refractivity contribution in [2.75, 3.05) is 20.7 Å². The lowest BCUT2D eigenvalue weighted by Gasteiger charge is -2.41. The summed E-state index contributed by atoms with van der Waals surface area (Å²) in [6, 6.07) is 13.3. The summed E-state index contributed by atoms with van der Waals surface area (Å²) in [5, 5.41) is 0.898. The Kier molecular flexibility index (Phi) is 3.85. The standard InChI is InChI=1S/C21H24ClNO/c1-14-12-15-8-11-23(2)20(16(15)13-19(14)24-3)21(9-10-21)17-6-4-5-7-18(17)22/h4-7,12-13,20H,8-11H2,1-3H3. The number of benzene rings is 2. The Morgan fingerprint density at radius 1 is 1.21 bits per heavy atom. The van der Waals surface area contributed by atoms with Gasteiger partial charge in [-0.1, -0.05) is 35.9 Å². The van der Waals surface area contributed by atoms with Crippen LogP contribution in [0, 0.1) is 6.92 Å². The van der Waals surface area contributed by atoms with E-state index < -0.39 is 0 Å².